The van der Waals surface area contributed by atoms with E-state index in [1.54, 1.807) is 0 Å². The molecule has 0 spiro atoms. The van der Waals surface area contributed by atoms with Crippen molar-refractivity contribution in [3.8, 4) is 5.75 Å². The molecule has 0 aromatic heterocycles. The molecule has 1 aliphatic heterocycles. The second kappa shape index (κ2) is 7.29. The van der Waals surface area contributed by atoms with Crippen molar-refractivity contribution < 1.29 is 9.53 Å². The molecular formula is C16H24N2O2. The Hall–Kier alpha value is -1.55. The van der Waals surface area contributed by atoms with Crippen molar-refractivity contribution in [1.29, 1.82) is 0 Å². The summed E-state index contributed by atoms with van der Waals surface area (Å²) in [6.45, 7) is 5.14. The summed E-state index contributed by atoms with van der Waals surface area (Å²) in [4.78, 5) is 14.1. The number of nitrogens with zero attached hydrogens (tertiary/aromatic N) is 1. The van der Waals surface area contributed by atoms with Crippen LogP contribution in [0.5, 0.6) is 5.75 Å². The van der Waals surface area contributed by atoms with Gasteiger partial charge in [-0.1, -0.05) is 17.7 Å². The van der Waals surface area contributed by atoms with Crippen LogP contribution in [-0.2, 0) is 4.79 Å². The molecule has 4 nitrogen and oxygen atoms in total. The van der Waals surface area contributed by atoms with E-state index in [-0.39, 0.29) is 12.5 Å². The molecule has 1 N–H and O–H groups in total. The van der Waals surface area contributed by atoms with Gasteiger partial charge in [-0.3, -0.25) is 4.79 Å². The van der Waals surface area contributed by atoms with Gasteiger partial charge >= 0.3 is 0 Å². The molecular weight excluding hydrogens is 252 g/mol. The number of carbonyl (C=O) groups is 1. The molecule has 1 saturated heterocycles. The van der Waals surface area contributed by atoms with Crippen LogP contribution in [0.4, 0.5) is 0 Å². The number of aryl methyl sites for hydroxylation is 1. The van der Waals surface area contributed by atoms with Crippen molar-refractivity contribution in [2.75, 3.05) is 33.3 Å². The molecule has 20 heavy (non-hydrogen) atoms. The highest BCUT2D eigenvalue weighted by Gasteiger charge is 2.17. The molecule has 1 amide bonds. The lowest BCUT2D eigenvalue weighted by atomic mass is 9.97. The number of benzene rings is 1. The maximum Gasteiger partial charge on any atom is 0.257 e. The molecule has 1 fully saturated rings. The van der Waals surface area contributed by atoms with E-state index >= 15 is 0 Å². The van der Waals surface area contributed by atoms with Crippen LogP contribution in [0.2, 0.25) is 0 Å². The molecule has 1 heterocycles. The van der Waals surface area contributed by atoms with Gasteiger partial charge in [0.15, 0.2) is 6.61 Å². The molecule has 0 unspecified atom stereocenters. The predicted molar refractivity (Wildman–Crippen MR) is 79.9 cm³/mol. The van der Waals surface area contributed by atoms with E-state index in [1.165, 1.54) is 5.56 Å². The number of piperidine rings is 1. The first kappa shape index (κ1) is 14.9. The van der Waals surface area contributed by atoms with E-state index in [0.717, 1.165) is 38.2 Å². The highest BCUT2D eigenvalue weighted by molar-refractivity contribution is 5.77. The molecule has 0 aliphatic carbocycles. The van der Waals surface area contributed by atoms with Gasteiger partial charge in [-0.25, -0.2) is 0 Å². The molecule has 4 heteroatoms. The summed E-state index contributed by atoms with van der Waals surface area (Å²) in [5.41, 5.74) is 1.18. The molecule has 0 saturated carbocycles. The van der Waals surface area contributed by atoms with E-state index in [2.05, 4.69) is 17.3 Å². The summed E-state index contributed by atoms with van der Waals surface area (Å²) in [6, 6.07) is 7.73. The van der Waals surface area contributed by atoms with E-state index in [9.17, 15) is 4.79 Å². The van der Waals surface area contributed by atoms with E-state index in [4.69, 9.17) is 4.74 Å². The fraction of sp³-hybridized carbons (Fsp3) is 0.562. The quantitative estimate of drug-likeness (QED) is 0.892. The van der Waals surface area contributed by atoms with Crippen LogP contribution in [0, 0.1) is 12.8 Å². The first-order valence-electron chi connectivity index (χ1n) is 7.28. The Morgan fingerprint density at radius 3 is 2.60 bits per heavy atom. The summed E-state index contributed by atoms with van der Waals surface area (Å²) < 4.78 is 5.46. The van der Waals surface area contributed by atoms with Crippen LogP contribution in [0.3, 0.4) is 0 Å². The van der Waals surface area contributed by atoms with Gasteiger partial charge in [0.1, 0.15) is 5.75 Å². The zero-order valence-electron chi connectivity index (χ0n) is 12.4. The third-order valence-corrected chi connectivity index (χ3v) is 3.82. The lowest BCUT2D eigenvalue weighted by Gasteiger charge is -2.28. The minimum absolute atomic E-state index is 0.0375. The largest absolute Gasteiger partial charge is 0.484 e. The van der Waals surface area contributed by atoms with E-state index < -0.39 is 0 Å². The molecule has 1 aromatic rings. The number of rotatable bonds is 5. The highest BCUT2D eigenvalue weighted by Crippen LogP contribution is 2.14. The maximum atomic E-state index is 11.7. The molecule has 110 valence electrons. The molecule has 0 atom stereocenters. The SMILES string of the molecule is Cc1ccc(OCC(=O)NCC2CCN(C)CC2)cc1. The summed E-state index contributed by atoms with van der Waals surface area (Å²) in [5.74, 6) is 1.31. The first-order valence-corrected chi connectivity index (χ1v) is 7.28. The Bertz CT molecular complexity index is 423. The fourth-order valence-electron chi connectivity index (χ4n) is 2.36. The third kappa shape index (κ3) is 4.85. The lowest BCUT2D eigenvalue weighted by Crippen LogP contribution is -2.38. The lowest BCUT2D eigenvalue weighted by molar-refractivity contribution is -0.123. The molecule has 0 bridgehead atoms. The number of ether oxygens (including phenoxy) is 1. The average molecular weight is 276 g/mol. The van der Waals surface area contributed by atoms with Crippen molar-refractivity contribution in [2.24, 2.45) is 5.92 Å². The van der Waals surface area contributed by atoms with Gasteiger partial charge in [0.25, 0.3) is 5.91 Å². The Kier molecular flexibility index (Phi) is 5.41. The number of likely N-dealkylation sites (tertiary alicyclic amines) is 1. The predicted octanol–water partition coefficient (Wildman–Crippen LogP) is 1.83. The van der Waals surface area contributed by atoms with Crippen LogP contribution < -0.4 is 10.1 Å². The molecule has 1 aromatic carbocycles. The van der Waals surface area contributed by atoms with Gasteiger partial charge in [-0.05, 0) is 58.0 Å². The Labute approximate surface area is 121 Å². The molecule has 1 aliphatic rings. The second-order valence-corrected chi connectivity index (χ2v) is 5.65. The minimum Gasteiger partial charge on any atom is -0.484 e. The summed E-state index contributed by atoms with van der Waals surface area (Å²) in [6.07, 6.45) is 2.32. The number of nitrogens with one attached hydrogen (secondary N) is 1. The smallest absolute Gasteiger partial charge is 0.257 e. The first-order chi connectivity index (χ1) is 9.63. The standard InChI is InChI=1S/C16H24N2O2/c1-13-3-5-15(6-4-13)20-12-16(19)17-11-14-7-9-18(2)10-8-14/h3-6,14H,7-12H2,1-2H3,(H,17,19). The number of hydrogen-bond acceptors (Lipinski definition) is 3. The van der Waals surface area contributed by atoms with Gasteiger partial charge < -0.3 is 15.0 Å². The monoisotopic (exact) mass is 276 g/mol. The van der Waals surface area contributed by atoms with Crippen molar-refractivity contribution in [3.05, 3.63) is 29.8 Å². The zero-order chi connectivity index (χ0) is 14.4. The Morgan fingerprint density at radius 2 is 1.95 bits per heavy atom. The summed E-state index contributed by atoms with van der Waals surface area (Å²) in [5, 5.41) is 2.97. The Morgan fingerprint density at radius 1 is 1.30 bits per heavy atom. The zero-order valence-corrected chi connectivity index (χ0v) is 12.4. The van der Waals surface area contributed by atoms with E-state index in [1.807, 2.05) is 31.2 Å². The topological polar surface area (TPSA) is 41.6 Å². The Balaban J connectivity index is 1.64. The third-order valence-electron chi connectivity index (χ3n) is 3.82. The van der Waals surface area contributed by atoms with Crippen LogP contribution in [-0.4, -0.2) is 44.1 Å². The maximum absolute atomic E-state index is 11.7. The summed E-state index contributed by atoms with van der Waals surface area (Å²) >= 11 is 0. The van der Waals surface area contributed by atoms with Gasteiger partial charge in [-0.2, -0.15) is 0 Å². The molecule has 0 radical (unpaired) electrons. The van der Waals surface area contributed by atoms with Gasteiger partial charge in [0.05, 0.1) is 0 Å². The van der Waals surface area contributed by atoms with Gasteiger partial charge in [-0.15, -0.1) is 0 Å². The number of carbonyl (C=O) groups excluding carboxylic acids is 1. The molecule has 2 rings (SSSR count). The van der Waals surface area contributed by atoms with Crippen molar-refractivity contribution >= 4 is 5.91 Å². The van der Waals surface area contributed by atoms with Crippen LogP contribution in [0.15, 0.2) is 24.3 Å². The van der Waals surface area contributed by atoms with Crippen LogP contribution >= 0.6 is 0 Å². The van der Waals surface area contributed by atoms with Crippen LogP contribution in [0.1, 0.15) is 18.4 Å². The number of hydrogen-bond donors (Lipinski definition) is 1. The minimum atomic E-state index is -0.0375. The normalized spacial score (nSPS) is 16.9. The van der Waals surface area contributed by atoms with Crippen LogP contribution in [0.25, 0.3) is 0 Å². The van der Waals surface area contributed by atoms with Crippen molar-refractivity contribution in [1.82, 2.24) is 10.2 Å². The highest BCUT2D eigenvalue weighted by atomic mass is 16.5. The summed E-state index contributed by atoms with van der Waals surface area (Å²) in [7, 11) is 2.14. The van der Waals surface area contributed by atoms with Crippen molar-refractivity contribution in [2.45, 2.75) is 19.8 Å². The average Bonchev–Trinajstić information content (AvgIpc) is 2.46. The van der Waals surface area contributed by atoms with Gasteiger partial charge in [0, 0.05) is 6.54 Å². The van der Waals surface area contributed by atoms with Crippen molar-refractivity contribution in [3.63, 3.8) is 0 Å². The van der Waals surface area contributed by atoms with Gasteiger partial charge in [0.2, 0.25) is 0 Å². The van der Waals surface area contributed by atoms with E-state index in [0.29, 0.717) is 5.92 Å². The fourth-order valence-corrected chi connectivity index (χ4v) is 2.36. The number of amides is 1. The second-order valence-electron chi connectivity index (χ2n) is 5.65.